The van der Waals surface area contributed by atoms with Crippen molar-refractivity contribution in [3.63, 3.8) is 0 Å². The van der Waals surface area contributed by atoms with Crippen molar-refractivity contribution in [2.24, 2.45) is 0 Å². The first-order valence-corrected chi connectivity index (χ1v) is 9.09. The predicted molar refractivity (Wildman–Crippen MR) is 100.0 cm³/mol. The number of aromatic hydroxyl groups is 1. The lowest BCUT2D eigenvalue weighted by Crippen LogP contribution is -2.38. The van der Waals surface area contributed by atoms with Gasteiger partial charge >= 0.3 is 0 Å². The Labute approximate surface area is 156 Å². The second kappa shape index (κ2) is 6.98. The second-order valence-corrected chi connectivity index (χ2v) is 6.99. The van der Waals surface area contributed by atoms with Gasteiger partial charge in [-0.1, -0.05) is 5.16 Å². The van der Waals surface area contributed by atoms with Gasteiger partial charge in [0.05, 0.1) is 11.1 Å². The number of rotatable bonds is 3. The van der Waals surface area contributed by atoms with E-state index < -0.39 is 5.82 Å². The molecule has 0 spiro atoms. The van der Waals surface area contributed by atoms with Crippen LogP contribution >= 0.6 is 0 Å². The van der Waals surface area contributed by atoms with Crippen molar-refractivity contribution in [1.29, 1.82) is 0 Å². The van der Waals surface area contributed by atoms with Crippen LogP contribution in [0.3, 0.4) is 0 Å². The Bertz CT molecular complexity index is 972. The maximum atomic E-state index is 13.5. The van der Waals surface area contributed by atoms with Crippen LogP contribution in [0.2, 0.25) is 0 Å². The molecule has 4 rings (SSSR count). The van der Waals surface area contributed by atoms with Gasteiger partial charge in [0.1, 0.15) is 17.4 Å². The standard InChI is InChI=1S/C20H21FN4O2/c1-12-9-14(11-22-19(12)25-8-4-3-5-13(25)2)20-23-18(24-27-20)16-10-15(21)6-7-17(16)26/h6-7,9-11,13,26H,3-5,8H2,1-2H3. The average molecular weight is 368 g/mol. The Morgan fingerprint density at radius 3 is 2.89 bits per heavy atom. The fourth-order valence-corrected chi connectivity index (χ4v) is 3.54. The molecular formula is C20H21FN4O2. The summed E-state index contributed by atoms with van der Waals surface area (Å²) in [4.78, 5) is 11.3. The van der Waals surface area contributed by atoms with Gasteiger partial charge in [0.25, 0.3) is 5.89 Å². The fraction of sp³-hybridized carbons (Fsp3) is 0.350. The predicted octanol–water partition coefficient (Wildman–Crippen LogP) is 4.33. The summed E-state index contributed by atoms with van der Waals surface area (Å²) in [7, 11) is 0. The number of halogens is 1. The Hall–Kier alpha value is -2.96. The highest BCUT2D eigenvalue weighted by Crippen LogP contribution is 2.31. The molecule has 3 aromatic rings. The van der Waals surface area contributed by atoms with E-state index in [0.29, 0.717) is 11.6 Å². The van der Waals surface area contributed by atoms with Crippen LogP contribution in [0.1, 0.15) is 31.7 Å². The summed E-state index contributed by atoms with van der Waals surface area (Å²) >= 11 is 0. The van der Waals surface area contributed by atoms with Crippen molar-refractivity contribution in [3.8, 4) is 28.6 Å². The first kappa shape index (κ1) is 17.5. The second-order valence-electron chi connectivity index (χ2n) is 6.99. The van der Waals surface area contributed by atoms with E-state index in [2.05, 4.69) is 26.9 Å². The Kier molecular flexibility index (Phi) is 4.51. The number of piperidine rings is 1. The third-order valence-corrected chi connectivity index (χ3v) is 5.00. The van der Waals surface area contributed by atoms with Crippen LogP contribution in [-0.4, -0.2) is 32.8 Å². The molecule has 0 amide bonds. The summed E-state index contributed by atoms with van der Waals surface area (Å²) in [6, 6.07) is 6.05. The van der Waals surface area contributed by atoms with Gasteiger partial charge in [0.15, 0.2) is 0 Å². The van der Waals surface area contributed by atoms with E-state index in [1.54, 1.807) is 6.20 Å². The van der Waals surface area contributed by atoms with E-state index in [-0.39, 0.29) is 23.0 Å². The van der Waals surface area contributed by atoms with E-state index in [9.17, 15) is 9.50 Å². The van der Waals surface area contributed by atoms with Gasteiger partial charge in [0.2, 0.25) is 5.82 Å². The SMILES string of the molecule is Cc1cc(-c2nc(-c3cc(F)ccc3O)no2)cnc1N1CCCCC1C. The lowest BCUT2D eigenvalue weighted by molar-refractivity contribution is 0.430. The molecule has 3 heterocycles. The minimum absolute atomic E-state index is 0.104. The van der Waals surface area contributed by atoms with E-state index >= 15 is 0 Å². The molecule has 1 fully saturated rings. The maximum absolute atomic E-state index is 13.5. The lowest BCUT2D eigenvalue weighted by Gasteiger charge is -2.35. The maximum Gasteiger partial charge on any atom is 0.259 e. The van der Waals surface area contributed by atoms with Crippen LogP contribution < -0.4 is 4.90 Å². The average Bonchev–Trinajstić information content (AvgIpc) is 3.14. The van der Waals surface area contributed by atoms with Gasteiger partial charge in [-0.25, -0.2) is 9.37 Å². The molecule has 7 heteroatoms. The van der Waals surface area contributed by atoms with Crippen LogP contribution in [0.15, 0.2) is 35.0 Å². The molecule has 6 nitrogen and oxygen atoms in total. The largest absolute Gasteiger partial charge is 0.507 e. The van der Waals surface area contributed by atoms with Gasteiger partial charge in [-0.2, -0.15) is 4.98 Å². The number of pyridine rings is 1. The van der Waals surface area contributed by atoms with E-state index in [4.69, 9.17) is 4.52 Å². The van der Waals surface area contributed by atoms with Crippen molar-refractivity contribution in [3.05, 3.63) is 41.8 Å². The van der Waals surface area contributed by atoms with E-state index in [0.717, 1.165) is 17.9 Å². The molecule has 1 aromatic carbocycles. The molecule has 27 heavy (non-hydrogen) atoms. The molecule has 0 radical (unpaired) electrons. The summed E-state index contributed by atoms with van der Waals surface area (Å²) in [5, 5.41) is 13.8. The summed E-state index contributed by atoms with van der Waals surface area (Å²) in [6.07, 6.45) is 5.32. The highest BCUT2D eigenvalue weighted by molar-refractivity contribution is 5.66. The van der Waals surface area contributed by atoms with Gasteiger partial charge in [-0.3, -0.25) is 0 Å². The fourth-order valence-electron chi connectivity index (χ4n) is 3.54. The topological polar surface area (TPSA) is 75.3 Å². The summed E-state index contributed by atoms with van der Waals surface area (Å²) in [5.41, 5.74) is 1.92. The molecule has 1 unspecified atom stereocenters. The van der Waals surface area contributed by atoms with E-state index in [1.165, 1.54) is 37.5 Å². The number of aromatic nitrogens is 3. The van der Waals surface area contributed by atoms with Gasteiger partial charge in [-0.15, -0.1) is 0 Å². The van der Waals surface area contributed by atoms with Gasteiger partial charge in [-0.05, 0) is 62.9 Å². The normalized spacial score (nSPS) is 17.3. The third-order valence-electron chi connectivity index (χ3n) is 5.00. The van der Waals surface area contributed by atoms with Crippen LogP contribution in [0.4, 0.5) is 10.2 Å². The number of nitrogens with zero attached hydrogens (tertiary/aromatic N) is 4. The van der Waals surface area contributed by atoms with Crippen LogP contribution in [0.25, 0.3) is 22.8 Å². The van der Waals surface area contributed by atoms with Crippen molar-refractivity contribution < 1.29 is 14.0 Å². The quantitative estimate of drug-likeness (QED) is 0.742. The van der Waals surface area contributed by atoms with Crippen molar-refractivity contribution in [2.75, 3.05) is 11.4 Å². The Morgan fingerprint density at radius 2 is 2.11 bits per heavy atom. The number of hydrogen-bond acceptors (Lipinski definition) is 6. The number of anilines is 1. The zero-order chi connectivity index (χ0) is 19.0. The van der Waals surface area contributed by atoms with Gasteiger partial charge in [0, 0.05) is 18.8 Å². The molecule has 2 aromatic heterocycles. The Morgan fingerprint density at radius 1 is 1.26 bits per heavy atom. The minimum Gasteiger partial charge on any atom is -0.507 e. The third kappa shape index (κ3) is 3.37. The monoisotopic (exact) mass is 368 g/mol. The summed E-state index contributed by atoms with van der Waals surface area (Å²) < 4.78 is 18.8. The number of phenols is 1. The van der Waals surface area contributed by atoms with Crippen molar-refractivity contribution >= 4 is 5.82 Å². The molecule has 1 aliphatic rings. The molecule has 0 saturated carbocycles. The number of benzene rings is 1. The zero-order valence-corrected chi connectivity index (χ0v) is 15.3. The number of hydrogen-bond donors (Lipinski definition) is 1. The lowest BCUT2D eigenvalue weighted by atomic mass is 10.0. The highest BCUT2D eigenvalue weighted by atomic mass is 19.1. The van der Waals surface area contributed by atoms with Crippen molar-refractivity contribution in [1.82, 2.24) is 15.1 Å². The molecule has 1 aliphatic heterocycles. The highest BCUT2D eigenvalue weighted by Gasteiger charge is 2.22. The number of phenolic OH excluding ortho intramolecular Hbond substituents is 1. The number of aryl methyl sites for hydroxylation is 1. The summed E-state index contributed by atoms with van der Waals surface area (Å²) in [5.74, 6) is 0.809. The minimum atomic E-state index is -0.480. The zero-order valence-electron chi connectivity index (χ0n) is 15.3. The van der Waals surface area contributed by atoms with Crippen LogP contribution in [0, 0.1) is 12.7 Å². The molecule has 0 bridgehead atoms. The van der Waals surface area contributed by atoms with Crippen LogP contribution in [0.5, 0.6) is 5.75 Å². The molecule has 0 aliphatic carbocycles. The van der Waals surface area contributed by atoms with Crippen molar-refractivity contribution in [2.45, 2.75) is 39.2 Å². The molecular weight excluding hydrogens is 347 g/mol. The van der Waals surface area contributed by atoms with Crippen LogP contribution in [-0.2, 0) is 0 Å². The summed E-state index contributed by atoms with van der Waals surface area (Å²) in [6.45, 7) is 5.25. The van der Waals surface area contributed by atoms with Gasteiger partial charge < -0.3 is 14.5 Å². The molecule has 140 valence electrons. The molecule has 1 atom stereocenters. The first-order valence-electron chi connectivity index (χ1n) is 9.09. The van der Waals surface area contributed by atoms with E-state index in [1.807, 2.05) is 13.0 Å². The molecule has 1 N–H and O–H groups in total. The molecule has 1 saturated heterocycles. The smallest absolute Gasteiger partial charge is 0.259 e. The first-order chi connectivity index (χ1) is 13.0. The Balaban J connectivity index is 1.64.